The number of carbonyl (C=O) groups is 1. The summed E-state index contributed by atoms with van der Waals surface area (Å²) in [5.41, 5.74) is 0.823. The number of pyridine rings is 1. The van der Waals surface area contributed by atoms with E-state index in [1.807, 2.05) is 12.1 Å². The molecule has 166 valence electrons. The maximum atomic E-state index is 14.4. The normalized spacial score (nSPS) is 20.5. The van der Waals surface area contributed by atoms with Crippen LogP contribution in [0.2, 0.25) is 0 Å². The fourth-order valence-corrected chi connectivity index (χ4v) is 5.10. The largest absolute Gasteiger partial charge is 0.334 e. The number of hydrogen-bond donors (Lipinski definition) is 0. The molecular weight excluding hydrogens is 396 g/mol. The van der Waals surface area contributed by atoms with Crippen molar-refractivity contribution < 1.29 is 13.6 Å². The molecule has 0 spiro atoms. The van der Waals surface area contributed by atoms with E-state index in [1.54, 1.807) is 17.3 Å². The second-order valence-corrected chi connectivity index (χ2v) is 8.97. The van der Waals surface area contributed by atoms with Crippen molar-refractivity contribution in [1.29, 1.82) is 0 Å². The molecule has 1 amide bonds. The first-order valence-corrected chi connectivity index (χ1v) is 11.5. The van der Waals surface area contributed by atoms with Gasteiger partial charge in [0.25, 0.3) is 5.91 Å². The number of benzene rings is 1. The summed E-state index contributed by atoms with van der Waals surface area (Å²) in [6.45, 7) is 3.04. The summed E-state index contributed by atoms with van der Waals surface area (Å²) in [4.78, 5) is 21.7. The second-order valence-electron chi connectivity index (χ2n) is 8.97. The van der Waals surface area contributed by atoms with Gasteiger partial charge in [-0.25, -0.2) is 8.78 Å². The van der Waals surface area contributed by atoms with Crippen LogP contribution in [0.5, 0.6) is 0 Å². The van der Waals surface area contributed by atoms with Crippen LogP contribution in [0.25, 0.3) is 0 Å². The highest BCUT2D eigenvalue weighted by Gasteiger charge is 2.30. The second kappa shape index (κ2) is 10.3. The molecule has 2 fully saturated rings. The smallest absolute Gasteiger partial charge is 0.257 e. The number of halogens is 2. The van der Waals surface area contributed by atoms with Crippen molar-refractivity contribution in [3.8, 4) is 0 Å². The van der Waals surface area contributed by atoms with Gasteiger partial charge in [-0.2, -0.15) is 0 Å². The number of piperidine rings is 1. The zero-order valence-electron chi connectivity index (χ0n) is 18.0. The van der Waals surface area contributed by atoms with E-state index < -0.39 is 17.5 Å². The molecule has 4 rings (SSSR count). The van der Waals surface area contributed by atoms with Gasteiger partial charge in [-0.3, -0.25) is 9.78 Å². The monoisotopic (exact) mass is 427 g/mol. The van der Waals surface area contributed by atoms with Gasteiger partial charge in [0, 0.05) is 44.1 Å². The number of aromatic nitrogens is 1. The minimum atomic E-state index is -0.811. The van der Waals surface area contributed by atoms with Gasteiger partial charge in [0.2, 0.25) is 0 Å². The molecule has 2 aliphatic rings. The number of hydrogen-bond acceptors (Lipinski definition) is 3. The molecule has 0 N–H and O–H groups in total. The first kappa shape index (κ1) is 21.9. The predicted molar refractivity (Wildman–Crippen MR) is 117 cm³/mol. The van der Waals surface area contributed by atoms with Gasteiger partial charge in [-0.15, -0.1) is 0 Å². The Bertz CT molecular complexity index is 870. The van der Waals surface area contributed by atoms with Crippen molar-refractivity contribution in [2.75, 3.05) is 19.6 Å². The summed E-state index contributed by atoms with van der Waals surface area (Å²) >= 11 is 0. The molecule has 0 unspecified atom stereocenters. The summed E-state index contributed by atoms with van der Waals surface area (Å²) in [7, 11) is 0. The van der Waals surface area contributed by atoms with Gasteiger partial charge in [0.1, 0.15) is 11.6 Å². The lowest BCUT2D eigenvalue weighted by Gasteiger charge is -2.41. The molecule has 1 aliphatic carbocycles. The summed E-state index contributed by atoms with van der Waals surface area (Å²) in [5.74, 6) is -1.53. The van der Waals surface area contributed by atoms with Crippen LogP contribution in [0.3, 0.4) is 0 Å². The molecule has 0 bridgehead atoms. The average molecular weight is 428 g/mol. The van der Waals surface area contributed by atoms with Crippen LogP contribution in [-0.4, -0.2) is 46.4 Å². The summed E-state index contributed by atoms with van der Waals surface area (Å²) in [5, 5.41) is 0. The predicted octanol–water partition coefficient (Wildman–Crippen LogP) is 5.05. The van der Waals surface area contributed by atoms with Crippen LogP contribution in [-0.2, 0) is 6.54 Å². The molecule has 31 heavy (non-hydrogen) atoms. The number of carbonyl (C=O) groups excluding carboxylic acids is 1. The standard InChI is InChI=1S/C25H31F2N3O/c26-21-10-11-23(24(27)14-21)25(31)30(16-19-6-4-12-28-15-19)18-20-7-5-13-29(17-20)22-8-2-1-3-9-22/h4,6,10-12,14-15,20,22H,1-3,5,7-9,13,16-18H2/t20-/m0/s1. The van der Waals surface area contributed by atoms with E-state index in [0.717, 1.165) is 43.6 Å². The van der Waals surface area contributed by atoms with Gasteiger partial charge in [-0.05, 0) is 61.9 Å². The lowest BCUT2D eigenvalue weighted by Crippen LogP contribution is -2.47. The van der Waals surface area contributed by atoms with Gasteiger partial charge in [0.05, 0.1) is 5.56 Å². The highest BCUT2D eigenvalue weighted by molar-refractivity contribution is 5.94. The van der Waals surface area contributed by atoms with E-state index in [-0.39, 0.29) is 5.56 Å². The zero-order chi connectivity index (χ0) is 21.6. The molecular formula is C25H31F2N3O. The molecule has 1 saturated carbocycles. The Labute approximate surface area is 183 Å². The van der Waals surface area contributed by atoms with Gasteiger partial charge < -0.3 is 9.80 Å². The molecule has 1 aromatic heterocycles. The minimum Gasteiger partial charge on any atom is -0.334 e. The van der Waals surface area contributed by atoms with Crippen LogP contribution in [0, 0.1) is 17.6 Å². The van der Waals surface area contributed by atoms with E-state index in [4.69, 9.17) is 0 Å². The molecule has 1 aliphatic heterocycles. The Morgan fingerprint density at radius 2 is 1.94 bits per heavy atom. The van der Waals surface area contributed by atoms with Crippen LogP contribution >= 0.6 is 0 Å². The topological polar surface area (TPSA) is 36.4 Å². The van der Waals surface area contributed by atoms with Gasteiger partial charge in [0.15, 0.2) is 0 Å². The number of rotatable bonds is 6. The Morgan fingerprint density at radius 1 is 1.10 bits per heavy atom. The Balaban J connectivity index is 1.50. The molecule has 6 heteroatoms. The highest BCUT2D eigenvalue weighted by atomic mass is 19.1. The minimum absolute atomic E-state index is 0.0785. The molecule has 2 aromatic rings. The lowest BCUT2D eigenvalue weighted by molar-refractivity contribution is 0.0580. The fraction of sp³-hybridized carbons (Fsp3) is 0.520. The van der Waals surface area contributed by atoms with Crippen molar-refractivity contribution in [1.82, 2.24) is 14.8 Å². The Morgan fingerprint density at radius 3 is 2.68 bits per heavy atom. The van der Waals surface area contributed by atoms with Crippen molar-refractivity contribution in [3.63, 3.8) is 0 Å². The van der Waals surface area contributed by atoms with Crippen LogP contribution in [0.15, 0.2) is 42.7 Å². The van der Waals surface area contributed by atoms with Crippen LogP contribution in [0.1, 0.15) is 60.9 Å². The summed E-state index contributed by atoms with van der Waals surface area (Å²) in [6.07, 6.45) is 12.1. The van der Waals surface area contributed by atoms with E-state index in [9.17, 15) is 13.6 Å². The maximum Gasteiger partial charge on any atom is 0.257 e. The Kier molecular flexibility index (Phi) is 7.28. The van der Waals surface area contributed by atoms with Crippen LogP contribution in [0.4, 0.5) is 8.78 Å². The molecule has 1 saturated heterocycles. The third-order valence-corrected chi connectivity index (χ3v) is 6.67. The lowest BCUT2D eigenvalue weighted by atomic mass is 9.90. The number of amides is 1. The quantitative estimate of drug-likeness (QED) is 0.648. The van der Waals surface area contributed by atoms with E-state index in [0.29, 0.717) is 25.0 Å². The molecule has 2 heterocycles. The third-order valence-electron chi connectivity index (χ3n) is 6.67. The SMILES string of the molecule is O=C(c1ccc(F)cc1F)N(Cc1cccnc1)C[C@H]1CCCN(C2CCCCC2)C1. The summed E-state index contributed by atoms with van der Waals surface area (Å²) < 4.78 is 27.7. The first-order valence-electron chi connectivity index (χ1n) is 11.5. The zero-order valence-corrected chi connectivity index (χ0v) is 18.0. The average Bonchev–Trinajstić information content (AvgIpc) is 2.80. The molecule has 1 atom stereocenters. The number of nitrogens with zero attached hydrogens (tertiary/aromatic N) is 3. The van der Waals surface area contributed by atoms with Crippen molar-refractivity contribution in [3.05, 3.63) is 65.5 Å². The maximum absolute atomic E-state index is 14.4. The van der Waals surface area contributed by atoms with Gasteiger partial charge >= 0.3 is 0 Å². The summed E-state index contributed by atoms with van der Waals surface area (Å²) in [6, 6.07) is 7.59. The van der Waals surface area contributed by atoms with E-state index in [2.05, 4.69) is 9.88 Å². The third kappa shape index (κ3) is 5.67. The van der Waals surface area contributed by atoms with Crippen LogP contribution < -0.4 is 0 Å². The number of likely N-dealkylation sites (tertiary alicyclic amines) is 1. The first-order chi connectivity index (χ1) is 15.1. The molecule has 1 aromatic carbocycles. The van der Waals surface area contributed by atoms with Crippen molar-refractivity contribution >= 4 is 5.91 Å². The Hall–Kier alpha value is -2.34. The molecule has 0 radical (unpaired) electrons. The molecule has 4 nitrogen and oxygen atoms in total. The van der Waals surface area contributed by atoms with Crippen molar-refractivity contribution in [2.45, 2.75) is 57.5 Å². The van der Waals surface area contributed by atoms with E-state index in [1.165, 1.54) is 38.2 Å². The van der Waals surface area contributed by atoms with Crippen molar-refractivity contribution in [2.24, 2.45) is 5.92 Å². The fourth-order valence-electron chi connectivity index (χ4n) is 5.10. The highest BCUT2D eigenvalue weighted by Crippen LogP contribution is 2.28. The van der Waals surface area contributed by atoms with Gasteiger partial charge in [-0.1, -0.05) is 25.3 Å². The van der Waals surface area contributed by atoms with E-state index >= 15 is 0 Å².